The normalized spacial score (nSPS) is 10.1. The van der Waals surface area contributed by atoms with E-state index < -0.39 is 0 Å². The van der Waals surface area contributed by atoms with Crippen LogP contribution in [-0.4, -0.2) is 13.0 Å². The summed E-state index contributed by atoms with van der Waals surface area (Å²) in [7, 11) is 1.62. The maximum Gasteiger partial charge on any atom is 0.251 e. The molecule has 0 radical (unpaired) electrons. The molecule has 0 aliphatic heterocycles. The van der Waals surface area contributed by atoms with Crippen LogP contribution in [0.2, 0.25) is 0 Å². The number of carbonyl (C=O) groups excluding carboxylic acids is 1. The smallest absolute Gasteiger partial charge is 0.251 e. The molecule has 82 valence electrons. The Balaban J connectivity index is 2.41. The van der Waals surface area contributed by atoms with Gasteiger partial charge in [-0.05, 0) is 36.8 Å². The van der Waals surface area contributed by atoms with Gasteiger partial charge in [-0.2, -0.15) is 0 Å². The Kier molecular flexibility index (Phi) is 2.77. The highest BCUT2D eigenvalue weighted by Crippen LogP contribution is 2.24. The first kappa shape index (κ1) is 10.5. The second kappa shape index (κ2) is 4.23. The molecule has 0 fully saturated rings. The van der Waals surface area contributed by atoms with Crippen LogP contribution in [-0.2, 0) is 0 Å². The standard InChI is InChI=1S/C13H13NO2/c1-9-8-10(13(15)14-2)5-6-11(9)12-4-3-7-16-12/h3-8H,1-2H3,(H,14,15). The average Bonchev–Trinajstić information content (AvgIpc) is 2.81. The van der Waals surface area contributed by atoms with Crippen molar-refractivity contribution in [3.8, 4) is 11.3 Å². The van der Waals surface area contributed by atoms with E-state index in [4.69, 9.17) is 4.42 Å². The van der Waals surface area contributed by atoms with Gasteiger partial charge in [0, 0.05) is 18.2 Å². The van der Waals surface area contributed by atoms with Gasteiger partial charge in [-0.25, -0.2) is 0 Å². The van der Waals surface area contributed by atoms with E-state index in [-0.39, 0.29) is 5.91 Å². The Labute approximate surface area is 94.1 Å². The molecule has 3 heteroatoms. The van der Waals surface area contributed by atoms with Crippen molar-refractivity contribution in [2.45, 2.75) is 6.92 Å². The molecule has 1 N–H and O–H groups in total. The van der Waals surface area contributed by atoms with E-state index in [2.05, 4.69) is 5.32 Å². The molecular weight excluding hydrogens is 202 g/mol. The highest BCUT2D eigenvalue weighted by Gasteiger charge is 2.08. The molecule has 2 rings (SSSR count). The van der Waals surface area contributed by atoms with E-state index in [1.165, 1.54) is 0 Å². The van der Waals surface area contributed by atoms with Crippen molar-refractivity contribution >= 4 is 5.91 Å². The Morgan fingerprint density at radius 2 is 2.12 bits per heavy atom. The van der Waals surface area contributed by atoms with Gasteiger partial charge < -0.3 is 9.73 Å². The van der Waals surface area contributed by atoms with Crippen molar-refractivity contribution < 1.29 is 9.21 Å². The average molecular weight is 215 g/mol. The van der Waals surface area contributed by atoms with Gasteiger partial charge in [-0.3, -0.25) is 4.79 Å². The molecule has 0 aliphatic rings. The van der Waals surface area contributed by atoms with Crippen LogP contribution in [0.25, 0.3) is 11.3 Å². The van der Waals surface area contributed by atoms with Gasteiger partial charge >= 0.3 is 0 Å². The molecule has 0 unspecified atom stereocenters. The molecule has 1 aromatic heterocycles. The molecule has 0 aliphatic carbocycles. The quantitative estimate of drug-likeness (QED) is 0.836. The van der Waals surface area contributed by atoms with Crippen molar-refractivity contribution in [3.63, 3.8) is 0 Å². The van der Waals surface area contributed by atoms with Crippen LogP contribution in [0.5, 0.6) is 0 Å². The van der Waals surface area contributed by atoms with Crippen LogP contribution < -0.4 is 5.32 Å². The lowest BCUT2D eigenvalue weighted by Gasteiger charge is -2.05. The molecule has 2 aromatic rings. The number of carbonyl (C=O) groups is 1. The maximum absolute atomic E-state index is 11.4. The lowest BCUT2D eigenvalue weighted by molar-refractivity contribution is 0.0963. The molecule has 0 atom stereocenters. The van der Waals surface area contributed by atoms with E-state index in [1.54, 1.807) is 19.4 Å². The zero-order valence-corrected chi connectivity index (χ0v) is 9.28. The third-order valence-electron chi connectivity index (χ3n) is 2.50. The fraction of sp³-hybridized carbons (Fsp3) is 0.154. The summed E-state index contributed by atoms with van der Waals surface area (Å²) in [5, 5.41) is 2.60. The van der Waals surface area contributed by atoms with Crippen molar-refractivity contribution in [2.24, 2.45) is 0 Å². The van der Waals surface area contributed by atoms with Gasteiger partial charge in [0.15, 0.2) is 0 Å². The summed E-state index contributed by atoms with van der Waals surface area (Å²) < 4.78 is 5.33. The predicted molar refractivity (Wildman–Crippen MR) is 62.3 cm³/mol. The first-order valence-corrected chi connectivity index (χ1v) is 5.09. The number of benzene rings is 1. The first-order chi connectivity index (χ1) is 7.72. The second-order valence-corrected chi connectivity index (χ2v) is 3.59. The highest BCUT2D eigenvalue weighted by atomic mass is 16.3. The Morgan fingerprint density at radius 1 is 1.31 bits per heavy atom. The lowest BCUT2D eigenvalue weighted by atomic mass is 10.0. The fourth-order valence-corrected chi connectivity index (χ4v) is 1.66. The fourth-order valence-electron chi connectivity index (χ4n) is 1.66. The molecule has 0 saturated carbocycles. The summed E-state index contributed by atoms with van der Waals surface area (Å²) in [6.07, 6.45) is 1.64. The molecule has 1 aromatic carbocycles. The van der Waals surface area contributed by atoms with E-state index >= 15 is 0 Å². The molecule has 0 bridgehead atoms. The Bertz CT molecular complexity index is 501. The van der Waals surface area contributed by atoms with Gasteiger partial charge in [0.2, 0.25) is 0 Å². The minimum atomic E-state index is -0.0749. The monoisotopic (exact) mass is 215 g/mol. The van der Waals surface area contributed by atoms with Gasteiger partial charge in [0.05, 0.1) is 6.26 Å². The zero-order chi connectivity index (χ0) is 11.5. The molecule has 1 heterocycles. The van der Waals surface area contributed by atoms with Crippen molar-refractivity contribution in [1.29, 1.82) is 0 Å². The highest BCUT2D eigenvalue weighted by molar-refractivity contribution is 5.94. The maximum atomic E-state index is 11.4. The number of aryl methyl sites for hydroxylation is 1. The summed E-state index contributed by atoms with van der Waals surface area (Å²) in [6, 6.07) is 9.31. The summed E-state index contributed by atoms with van der Waals surface area (Å²) in [5.41, 5.74) is 2.70. The minimum absolute atomic E-state index is 0.0749. The zero-order valence-electron chi connectivity index (χ0n) is 9.28. The lowest BCUT2D eigenvalue weighted by Crippen LogP contribution is -2.17. The Hall–Kier alpha value is -2.03. The Morgan fingerprint density at radius 3 is 2.69 bits per heavy atom. The van der Waals surface area contributed by atoms with Crippen LogP contribution >= 0.6 is 0 Å². The number of rotatable bonds is 2. The first-order valence-electron chi connectivity index (χ1n) is 5.09. The van der Waals surface area contributed by atoms with Crippen molar-refractivity contribution in [3.05, 3.63) is 47.7 Å². The van der Waals surface area contributed by atoms with E-state index in [0.717, 1.165) is 16.9 Å². The summed E-state index contributed by atoms with van der Waals surface area (Å²) >= 11 is 0. The molecule has 16 heavy (non-hydrogen) atoms. The van der Waals surface area contributed by atoms with Crippen molar-refractivity contribution in [1.82, 2.24) is 5.32 Å². The third-order valence-corrected chi connectivity index (χ3v) is 2.50. The van der Waals surface area contributed by atoms with Crippen LogP contribution in [0, 0.1) is 6.92 Å². The molecule has 3 nitrogen and oxygen atoms in total. The van der Waals surface area contributed by atoms with E-state index in [9.17, 15) is 4.79 Å². The second-order valence-electron chi connectivity index (χ2n) is 3.59. The van der Waals surface area contributed by atoms with Gasteiger partial charge in [0.25, 0.3) is 5.91 Å². The number of nitrogens with one attached hydrogen (secondary N) is 1. The van der Waals surface area contributed by atoms with E-state index in [0.29, 0.717) is 5.56 Å². The van der Waals surface area contributed by atoms with Crippen LogP contribution in [0.4, 0.5) is 0 Å². The van der Waals surface area contributed by atoms with Crippen molar-refractivity contribution in [2.75, 3.05) is 7.05 Å². The van der Waals surface area contributed by atoms with Crippen LogP contribution in [0.3, 0.4) is 0 Å². The topological polar surface area (TPSA) is 42.2 Å². The predicted octanol–water partition coefficient (Wildman–Crippen LogP) is 2.61. The van der Waals surface area contributed by atoms with Gasteiger partial charge in [0.1, 0.15) is 5.76 Å². The number of amides is 1. The number of hydrogen-bond donors (Lipinski definition) is 1. The molecule has 0 spiro atoms. The van der Waals surface area contributed by atoms with Gasteiger partial charge in [-0.15, -0.1) is 0 Å². The summed E-state index contributed by atoms with van der Waals surface area (Å²) in [4.78, 5) is 11.4. The molecular formula is C13H13NO2. The molecule has 1 amide bonds. The van der Waals surface area contributed by atoms with Gasteiger partial charge in [-0.1, -0.05) is 6.07 Å². The summed E-state index contributed by atoms with van der Waals surface area (Å²) in [5.74, 6) is 0.745. The minimum Gasteiger partial charge on any atom is -0.464 e. The largest absolute Gasteiger partial charge is 0.464 e. The molecule has 0 saturated heterocycles. The van der Waals surface area contributed by atoms with E-state index in [1.807, 2.05) is 31.2 Å². The van der Waals surface area contributed by atoms with Crippen LogP contribution in [0.15, 0.2) is 41.0 Å². The van der Waals surface area contributed by atoms with Crippen LogP contribution in [0.1, 0.15) is 15.9 Å². The SMILES string of the molecule is CNC(=O)c1ccc(-c2ccco2)c(C)c1. The number of furan rings is 1. The number of hydrogen-bond acceptors (Lipinski definition) is 2. The third kappa shape index (κ3) is 1.84. The summed E-state index contributed by atoms with van der Waals surface area (Å²) in [6.45, 7) is 1.96.